The molecule has 0 aromatic heterocycles. The second kappa shape index (κ2) is 10.6. The summed E-state index contributed by atoms with van der Waals surface area (Å²) in [6, 6.07) is 18.2. The maximum atomic E-state index is 13.1. The highest BCUT2D eigenvalue weighted by Gasteiger charge is 2.23. The van der Waals surface area contributed by atoms with Gasteiger partial charge in [0.1, 0.15) is 11.8 Å². The molecule has 0 unspecified atom stereocenters. The molecule has 0 spiro atoms. The van der Waals surface area contributed by atoms with Crippen molar-refractivity contribution in [2.45, 2.75) is 32.2 Å². The number of carbonyl (C=O) groups excluding carboxylic acids is 2. The molecule has 3 rings (SSSR count). The van der Waals surface area contributed by atoms with E-state index in [-0.39, 0.29) is 11.8 Å². The summed E-state index contributed by atoms with van der Waals surface area (Å²) in [5.41, 5.74) is 7.80. The smallest absolute Gasteiger partial charge is 0.255 e. The molecular formula is C25H29N3O3. The number of nitrogens with one attached hydrogen (secondary N) is 2. The maximum absolute atomic E-state index is 13.1. The predicted molar refractivity (Wildman–Crippen MR) is 124 cm³/mol. The highest BCUT2D eigenvalue weighted by Crippen LogP contribution is 2.26. The van der Waals surface area contributed by atoms with Crippen molar-refractivity contribution in [1.82, 2.24) is 5.32 Å². The Kier molecular flexibility index (Phi) is 7.62. The van der Waals surface area contributed by atoms with Crippen molar-refractivity contribution in [2.75, 3.05) is 19.0 Å². The minimum absolute atomic E-state index is 0.256. The Morgan fingerprint density at radius 2 is 1.68 bits per heavy atom. The molecule has 1 atom stereocenters. The summed E-state index contributed by atoms with van der Waals surface area (Å²) in [4.78, 5) is 26.1. The van der Waals surface area contributed by atoms with Crippen LogP contribution in [-0.4, -0.2) is 31.5 Å². The lowest BCUT2D eigenvalue weighted by Gasteiger charge is -2.19. The fourth-order valence-corrected chi connectivity index (χ4v) is 3.43. The molecular weight excluding hydrogens is 390 g/mol. The monoisotopic (exact) mass is 419 g/mol. The van der Waals surface area contributed by atoms with E-state index in [1.807, 2.05) is 61.5 Å². The molecule has 162 valence electrons. The minimum atomic E-state index is -0.684. The van der Waals surface area contributed by atoms with Crippen LogP contribution in [0.2, 0.25) is 0 Å². The quantitative estimate of drug-likeness (QED) is 0.457. The zero-order valence-corrected chi connectivity index (χ0v) is 18.0. The zero-order chi connectivity index (χ0) is 22.2. The fourth-order valence-electron chi connectivity index (χ4n) is 3.43. The second-order valence-corrected chi connectivity index (χ2v) is 7.57. The van der Waals surface area contributed by atoms with Crippen LogP contribution in [0, 0.1) is 6.92 Å². The Bertz CT molecular complexity index is 1050. The third kappa shape index (κ3) is 5.83. The van der Waals surface area contributed by atoms with Gasteiger partial charge in [-0.2, -0.15) is 0 Å². The Morgan fingerprint density at radius 1 is 1.00 bits per heavy atom. The molecule has 3 aromatic rings. The van der Waals surface area contributed by atoms with Crippen molar-refractivity contribution in [2.24, 2.45) is 5.73 Å². The van der Waals surface area contributed by atoms with E-state index in [2.05, 4.69) is 10.6 Å². The Balaban J connectivity index is 1.81. The molecule has 0 fully saturated rings. The second-order valence-electron chi connectivity index (χ2n) is 7.57. The number of carbonyl (C=O) groups is 2. The highest BCUT2D eigenvalue weighted by molar-refractivity contribution is 6.04. The Morgan fingerprint density at radius 3 is 2.32 bits per heavy atom. The van der Waals surface area contributed by atoms with Crippen LogP contribution in [0.4, 0.5) is 5.69 Å². The third-order valence-corrected chi connectivity index (χ3v) is 5.20. The van der Waals surface area contributed by atoms with Crippen molar-refractivity contribution in [3.63, 3.8) is 0 Å². The number of hydrogen-bond acceptors (Lipinski definition) is 4. The fraction of sp³-hybridized carbons (Fsp3) is 0.280. The van der Waals surface area contributed by atoms with Gasteiger partial charge >= 0.3 is 0 Å². The minimum Gasteiger partial charge on any atom is -0.496 e. The topological polar surface area (TPSA) is 93.4 Å². The number of hydrogen-bond donors (Lipinski definition) is 3. The van der Waals surface area contributed by atoms with Crippen LogP contribution in [0.5, 0.6) is 5.75 Å². The van der Waals surface area contributed by atoms with E-state index < -0.39 is 6.04 Å². The first kappa shape index (κ1) is 22.3. The van der Waals surface area contributed by atoms with Gasteiger partial charge in [0, 0.05) is 5.69 Å². The zero-order valence-electron chi connectivity index (χ0n) is 18.0. The van der Waals surface area contributed by atoms with Crippen LogP contribution in [0.25, 0.3) is 10.8 Å². The van der Waals surface area contributed by atoms with Gasteiger partial charge in [0.2, 0.25) is 5.91 Å². The summed E-state index contributed by atoms with van der Waals surface area (Å²) in [6.45, 7) is 2.52. The molecule has 0 aliphatic rings. The van der Waals surface area contributed by atoms with Gasteiger partial charge in [0.15, 0.2) is 0 Å². The predicted octanol–water partition coefficient (Wildman–Crippen LogP) is 4.02. The summed E-state index contributed by atoms with van der Waals surface area (Å²) >= 11 is 0. The first-order valence-electron chi connectivity index (χ1n) is 10.5. The van der Waals surface area contributed by atoms with Crippen LogP contribution in [0.15, 0.2) is 60.7 Å². The SMILES string of the molecule is COc1cc2ccccc2cc1C(=O)N[C@@H](CCCCN)C(=O)Nc1ccc(C)cc1. The standard InChI is InChI=1S/C25H29N3O3/c1-17-10-12-20(13-11-17)27-25(30)22(9-5-6-14-26)28-24(29)21-15-18-7-3-4-8-19(18)16-23(21)31-2/h3-4,7-8,10-13,15-16,22H,5-6,9,14,26H2,1-2H3,(H,27,30)(H,28,29)/t22-/m0/s1. The lowest BCUT2D eigenvalue weighted by Crippen LogP contribution is -2.44. The number of unbranched alkanes of at least 4 members (excludes halogenated alkanes) is 1. The molecule has 0 heterocycles. The lowest BCUT2D eigenvalue weighted by molar-refractivity contribution is -0.118. The number of nitrogens with two attached hydrogens (primary N) is 1. The van der Waals surface area contributed by atoms with Crippen LogP contribution in [0.3, 0.4) is 0 Å². The van der Waals surface area contributed by atoms with Crippen LogP contribution in [-0.2, 0) is 4.79 Å². The largest absolute Gasteiger partial charge is 0.496 e. The molecule has 31 heavy (non-hydrogen) atoms. The van der Waals surface area contributed by atoms with Gasteiger partial charge in [-0.05, 0) is 67.8 Å². The maximum Gasteiger partial charge on any atom is 0.255 e. The van der Waals surface area contributed by atoms with Crippen molar-refractivity contribution < 1.29 is 14.3 Å². The van der Waals surface area contributed by atoms with Crippen molar-refractivity contribution in [1.29, 1.82) is 0 Å². The number of anilines is 1. The van der Waals surface area contributed by atoms with Gasteiger partial charge in [-0.25, -0.2) is 0 Å². The van der Waals surface area contributed by atoms with Crippen LogP contribution in [0.1, 0.15) is 35.2 Å². The van der Waals surface area contributed by atoms with Gasteiger partial charge in [-0.15, -0.1) is 0 Å². The molecule has 0 radical (unpaired) electrons. The number of methoxy groups -OCH3 is 1. The van der Waals surface area contributed by atoms with E-state index in [1.165, 1.54) is 7.11 Å². The van der Waals surface area contributed by atoms with E-state index in [1.54, 1.807) is 6.07 Å². The normalized spacial score (nSPS) is 11.7. The molecule has 3 aromatic carbocycles. The summed E-state index contributed by atoms with van der Waals surface area (Å²) in [7, 11) is 1.53. The Labute approximate surface area is 182 Å². The van der Waals surface area contributed by atoms with Crippen molar-refractivity contribution in [3.05, 3.63) is 71.8 Å². The van der Waals surface area contributed by atoms with Gasteiger partial charge in [0.25, 0.3) is 5.91 Å². The van der Waals surface area contributed by atoms with Crippen LogP contribution >= 0.6 is 0 Å². The van der Waals surface area contributed by atoms with E-state index in [0.717, 1.165) is 29.2 Å². The molecule has 6 heteroatoms. The number of aryl methyl sites for hydroxylation is 1. The highest BCUT2D eigenvalue weighted by atomic mass is 16.5. The molecule has 0 aliphatic heterocycles. The summed E-state index contributed by atoms with van der Waals surface area (Å²) in [5, 5.41) is 7.69. The third-order valence-electron chi connectivity index (χ3n) is 5.20. The average molecular weight is 420 g/mol. The number of rotatable bonds is 9. The lowest BCUT2D eigenvalue weighted by atomic mass is 10.0. The molecule has 6 nitrogen and oxygen atoms in total. The molecule has 0 saturated heterocycles. The summed E-state index contributed by atoms with van der Waals surface area (Å²) in [6.07, 6.45) is 2.01. The molecule has 0 saturated carbocycles. The number of benzene rings is 3. The van der Waals surface area contributed by atoms with Gasteiger partial charge in [-0.3, -0.25) is 9.59 Å². The van der Waals surface area contributed by atoms with E-state index in [9.17, 15) is 9.59 Å². The summed E-state index contributed by atoms with van der Waals surface area (Å²) in [5.74, 6) is -0.135. The van der Waals surface area contributed by atoms with Crippen molar-refractivity contribution in [3.8, 4) is 5.75 Å². The molecule has 0 bridgehead atoms. The van der Waals surface area contributed by atoms with Crippen molar-refractivity contribution >= 4 is 28.3 Å². The van der Waals surface area contributed by atoms with E-state index in [4.69, 9.17) is 10.5 Å². The summed E-state index contributed by atoms with van der Waals surface area (Å²) < 4.78 is 5.44. The number of ether oxygens (including phenoxy) is 1. The van der Waals surface area contributed by atoms with Gasteiger partial charge < -0.3 is 21.1 Å². The molecule has 0 aliphatic carbocycles. The van der Waals surface area contributed by atoms with Gasteiger partial charge in [0.05, 0.1) is 12.7 Å². The van der Waals surface area contributed by atoms with E-state index >= 15 is 0 Å². The first-order valence-corrected chi connectivity index (χ1v) is 10.5. The number of amides is 2. The van der Waals surface area contributed by atoms with Gasteiger partial charge in [-0.1, -0.05) is 42.0 Å². The molecule has 2 amide bonds. The van der Waals surface area contributed by atoms with Crippen LogP contribution < -0.4 is 21.1 Å². The first-order chi connectivity index (χ1) is 15.0. The average Bonchev–Trinajstić information content (AvgIpc) is 2.79. The van der Waals surface area contributed by atoms with E-state index in [0.29, 0.717) is 30.0 Å². The number of fused-ring (bicyclic) bond motifs is 1. The molecule has 4 N–H and O–H groups in total. The Hall–Kier alpha value is -3.38.